The number of halogens is 3. The zero-order valence-electron chi connectivity index (χ0n) is 16.3. The van der Waals surface area contributed by atoms with Crippen molar-refractivity contribution in [1.82, 2.24) is 24.2 Å². The Kier molecular flexibility index (Phi) is 5.52. The number of aryl methyl sites for hydroxylation is 1. The zero-order chi connectivity index (χ0) is 21.3. The van der Waals surface area contributed by atoms with Gasteiger partial charge in [0.2, 0.25) is 11.8 Å². The number of ether oxygens (including phenoxy) is 1. The molecule has 0 N–H and O–H groups in total. The van der Waals surface area contributed by atoms with Gasteiger partial charge in [0.1, 0.15) is 11.9 Å². The molecule has 1 amide bonds. The van der Waals surface area contributed by atoms with Gasteiger partial charge in [-0.15, -0.1) is 0 Å². The number of carbonyl (C=O) groups is 1. The van der Waals surface area contributed by atoms with Gasteiger partial charge < -0.3 is 9.64 Å². The van der Waals surface area contributed by atoms with Crippen molar-refractivity contribution >= 4 is 5.91 Å². The summed E-state index contributed by atoms with van der Waals surface area (Å²) in [6.07, 6.45) is 0.891. The summed E-state index contributed by atoms with van der Waals surface area (Å²) in [6, 6.07) is 2.34. The van der Waals surface area contributed by atoms with Crippen LogP contribution in [-0.2, 0) is 17.8 Å². The predicted molar refractivity (Wildman–Crippen MR) is 99.2 cm³/mol. The van der Waals surface area contributed by atoms with E-state index < -0.39 is 18.8 Å². The number of aromatic nitrogens is 4. The molecule has 0 aliphatic carbocycles. The van der Waals surface area contributed by atoms with Crippen molar-refractivity contribution in [2.45, 2.75) is 50.9 Å². The molecule has 0 radical (unpaired) electrons. The molecule has 2 aliphatic rings. The number of hydrogen-bond acceptors (Lipinski definition) is 5. The molecule has 2 aliphatic heterocycles. The molecule has 30 heavy (non-hydrogen) atoms. The normalized spacial score (nSPS) is 19.0. The summed E-state index contributed by atoms with van der Waals surface area (Å²) >= 11 is 0. The third-order valence-corrected chi connectivity index (χ3v) is 5.35. The Morgan fingerprint density at radius 3 is 2.63 bits per heavy atom. The molecule has 0 spiro atoms. The van der Waals surface area contributed by atoms with Gasteiger partial charge in [-0.25, -0.2) is 14.5 Å². The molecular weight excluding hydrogens is 403 g/mol. The van der Waals surface area contributed by atoms with Gasteiger partial charge in [0.05, 0.1) is 6.54 Å². The number of nitrogens with zero attached hydrogens (tertiary/aromatic N) is 5. The maximum absolute atomic E-state index is 13.0. The van der Waals surface area contributed by atoms with E-state index in [2.05, 4.69) is 14.8 Å². The highest BCUT2D eigenvalue weighted by atomic mass is 19.4. The number of fused-ring (bicyclic) bond motifs is 1. The summed E-state index contributed by atoms with van der Waals surface area (Å²) in [4.78, 5) is 31.5. The Morgan fingerprint density at radius 1 is 1.20 bits per heavy atom. The first-order chi connectivity index (χ1) is 14.3. The summed E-state index contributed by atoms with van der Waals surface area (Å²) in [7, 11) is 0. The molecule has 2 aromatic heterocycles. The first-order valence-corrected chi connectivity index (χ1v) is 9.93. The number of rotatable bonds is 5. The van der Waals surface area contributed by atoms with E-state index in [4.69, 9.17) is 0 Å². The highest BCUT2D eigenvalue weighted by Gasteiger charge is 2.34. The number of hydrogen-bond donors (Lipinski definition) is 0. The Balaban J connectivity index is 1.50. The molecule has 2 aromatic rings. The number of likely N-dealkylation sites (tertiary alicyclic amines) is 1. The first-order valence-electron chi connectivity index (χ1n) is 9.93. The topological polar surface area (TPSA) is 82.3 Å². The molecule has 4 heterocycles. The molecule has 1 unspecified atom stereocenters. The summed E-state index contributed by atoms with van der Waals surface area (Å²) in [5.74, 6) is 0.411. The molecule has 0 saturated carbocycles. The van der Waals surface area contributed by atoms with Gasteiger partial charge in [-0.2, -0.15) is 18.3 Å². The fourth-order valence-electron chi connectivity index (χ4n) is 3.94. The largest absolute Gasteiger partial charge is 0.468 e. The minimum Gasteiger partial charge on any atom is -0.468 e. The Hall–Kier alpha value is -2.85. The molecule has 162 valence electrons. The van der Waals surface area contributed by atoms with Crippen LogP contribution < -0.4 is 10.4 Å². The third kappa shape index (κ3) is 4.34. The second-order valence-electron chi connectivity index (χ2n) is 7.58. The average molecular weight is 425 g/mol. The Morgan fingerprint density at radius 2 is 1.97 bits per heavy atom. The lowest BCUT2D eigenvalue weighted by atomic mass is 10.0. The maximum atomic E-state index is 13.0. The SMILES string of the molecule is O=C(C1CCCc2nn(Cc3ccc(OCC(F)(F)F)nc3)c(=O)n21)N1CCCC1. The maximum Gasteiger partial charge on any atom is 0.422 e. The smallest absolute Gasteiger partial charge is 0.422 e. The molecular formula is C19H22F3N5O3. The Bertz CT molecular complexity index is 961. The predicted octanol–water partition coefficient (Wildman–Crippen LogP) is 1.93. The summed E-state index contributed by atoms with van der Waals surface area (Å²) in [5.41, 5.74) is 0.231. The summed E-state index contributed by atoms with van der Waals surface area (Å²) in [6.45, 7) is 0.138. The van der Waals surface area contributed by atoms with E-state index in [-0.39, 0.29) is 24.0 Å². The second kappa shape index (κ2) is 8.11. The summed E-state index contributed by atoms with van der Waals surface area (Å²) < 4.78 is 44.0. The lowest BCUT2D eigenvalue weighted by molar-refractivity contribution is -0.154. The quantitative estimate of drug-likeness (QED) is 0.731. The highest BCUT2D eigenvalue weighted by Crippen LogP contribution is 2.25. The van der Waals surface area contributed by atoms with Gasteiger partial charge in [0, 0.05) is 31.8 Å². The van der Waals surface area contributed by atoms with Crippen molar-refractivity contribution in [3.63, 3.8) is 0 Å². The number of pyridine rings is 1. The lowest BCUT2D eigenvalue weighted by Gasteiger charge is -2.27. The van der Waals surface area contributed by atoms with Crippen LogP contribution in [0.3, 0.4) is 0 Å². The molecule has 11 heteroatoms. The number of amides is 1. The van der Waals surface area contributed by atoms with Gasteiger partial charge in [-0.1, -0.05) is 6.07 Å². The standard InChI is InChI=1S/C19H22F3N5O3/c20-19(21,22)12-30-16-7-6-13(10-23-16)11-26-18(29)27-14(4-3-5-15(27)24-26)17(28)25-8-1-2-9-25/h6-7,10,14H,1-5,8-9,11-12H2. The van der Waals surface area contributed by atoms with Crippen molar-refractivity contribution in [1.29, 1.82) is 0 Å². The molecule has 1 saturated heterocycles. The molecule has 8 nitrogen and oxygen atoms in total. The van der Waals surface area contributed by atoms with Crippen LogP contribution in [0.2, 0.25) is 0 Å². The van der Waals surface area contributed by atoms with E-state index in [1.165, 1.54) is 27.6 Å². The van der Waals surface area contributed by atoms with Crippen molar-refractivity contribution in [2.24, 2.45) is 0 Å². The van der Waals surface area contributed by atoms with E-state index >= 15 is 0 Å². The van der Waals surface area contributed by atoms with E-state index in [1.807, 2.05) is 4.90 Å². The van der Waals surface area contributed by atoms with Crippen LogP contribution in [-0.4, -0.2) is 56.0 Å². The highest BCUT2D eigenvalue weighted by molar-refractivity contribution is 5.80. The van der Waals surface area contributed by atoms with Crippen LogP contribution in [0.4, 0.5) is 13.2 Å². The fraction of sp³-hybridized carbons (Fsp3) is 0.579. The van der Waals surface area contributed by atoms with Crippen molar-refractivity contribution in [3.8, 4) is 5.88 Å². The average Bonchev–Trinajstić information content (AvgIpc) is 3.35. The molecule has 0 aromatic carbocycles. The van der Waals surface area contributed by atoms with Crippen LogP contribution in [0.5, 0.6) is 5.88 Å². The van der Waals surface area contributed by atoms with Crippen molar-refractivity contribution < 1.29 is 22.7 Å². The molecule has 4 rings (SSSR count). The fourth-order valence-corrected chi connectivity index (χ4v) is 3.94. The van der Waals surface area contributed by atoms with Crippen LogP contribution in [0.15, 0.2) is 23.1 Å². The molecule has 1 fully saturated rings. The van der Waals surface area contributed by atoms with Gasteiger partial charge in [0.15, 0.2) is 6.61 Å². The van der Waals surface area contributed by atoms with Crippen LogP contribution in [0, 0.1) is 0 Å². The van der Waals surface area contributed by atoms with Crippen LogP contribution in [0.25, 0.3) is 0 Å². The van der Waals surface area contributed by atoms with Crippen molar-refractivity contribution in [2.75, 3.05) is 19.7 Å². The monoisotopic (exact) mass is 425 g/mol. The van der Waals surface area contributed by atoms with E-state index in [0.29, 0.717) is 24.2 Å². The van der Waals surface area contributed by atoms with Crippen LogP contribution >= 0.6 is 0 Å². The molecule has 1 atom stereocenters. The Labute approximate surface area is 170 Å². The van der Waals surface area contributed by atoms with Gasteiger partial charge >= 0.3 is 11.9 Å². The first kappa shape index (κ1) is 20.4. The van der Waals surface area contributed by atoms with Gasteiger partial charge in [0.25, 0.3) is 0 Å². The third-order valence-electron chi connectivity index (χ3n) is 5.35. The second-order valence-corrected chi connectivity index (χ2v) is 7.58. The zero-order valence-corrected chi connectivity index (χ0v) is 16.3. The van der Waals surface area contributed by atoms with E-state index in [0.717, 1.165) is 32.4 Å². The summed E-state index contributed by atoms with van der Waals surface area (Å²) in [5, 5.41) is 4.38. The number of alkyl halides is 3. The van der Waals surface area contributed by atoms with E-state index in [9.17, 15) is 22.8 Å². The van der Waals surface area contributed by atoms with E-state index in [1.54, 1.807) is 0 Å². The minimum absolute atomic E-state index is 0.0251. The van der Waals surface area contributed by atoms with Gasteiger partial charge in [-0.05, 0) is 31.2 Å². The van der Waals surface area contributed by atoms with Crippen LogP contribution in [0.1, 0.15) is 43.1 Å². The van der Waals surface area contributed by atoms with Gasteiger partial charge in [-0.3, -0.25) is 9.36 Å². The minimum atomic E-state index is -4.44. The lowest BCUT2D eigenvalue weighted by Crippen LogP contribution is -2.41. The molecule has 0 bridgehead atoms. The van der Waals surface area contributed by atoms with Crippen molar-refractivity contribution in [3.05, 3.63) is 40.2 Å². The number of carbonyl (C=O) groups excluding carboxylic acids is 1.